The molecule has 0 N–H and O–H groups in total. The Morgan fingerprint density at radius 3 is 2.92 bits per heavy atom. The fraction of sp³-hybridized carbons (Fsp3) is 0.444. The molecule has 0 unspecified atom stereocenters. The van der Waals surface area contributed by atoms with Crippen LogP contribution in [0.25, 0.3) is 0 Å². The molecule has 0 aliphatic carbocycles. The Hall–Kier alpha value is -2.50. The summed E-state index contributed by atoms with van der Waals surface area (Å²) < 4.78 is 13.3. The number of hydrogen-bond acceptors (Lipinski definition) is 4. The molecular formula is C18H21N3O3. The Kier molecular flexibility index (Phi) is 3.67. The van der Waals surface area contributed by atoms with Gasteiger partial charge in [-0.15, -0.1) is 0 Å². The Labute approximate surface area is 141 Å². The van der Waals surface area contributed by atoms with Crippen LogP contribution in [-0.4, -0.2) is 46.7 Å². The first-order chi connectivity index (χ1) is 11.6. The fourth-order valence-corrected chi connectivity index (χ4v) is 3.58. The topological polar surface area (TPSA) is 56.6 Å². The van der Waals surface area contributed by atoms with Crippen LogP contribution in [0.1, 0.15) is 34.2 Å². The van der Waals surface area contributed by atoms with E-state index in [0.717, 1.165) is 24.5 Å². The van der Waals surface area contributed by atoms with Gasteiger partial charge in [0.2, 0.25) is 0 Å². The number of fused-ring (bicyclic) bond motifs is 1. The Balaban J connectivity index is 1.55. The Bertz CT molecular complexity index is 784. The highest BCUT2D eigenvalue weighted by Gasteiger charge is 2.32. The third-order valence-corrected chi connectivity index (χ3v) is 4.67. The van der Waals surface area contributed by atoms with Crippen LogP contribution in [0.5, 0.6) is 11.5 Å². The number of likely N-dealkylation sites (tertiary alicyclic amines) is 1. The summed E-state index contributed by atoms with van der Waals surface area (Å²) in [6.07, 6.45) is 2.96. The number of ether oxygens (including phenoxy) is 2. The van der Waals surface area contributed by atoms with Crippen LogP contribution in [0.3, 0.4) is 0 Å². The number of carbonyl (C=O) groups is 1. The second-order valence-corrected chi connectivity index (χ2v) is 6.42. The van der Waals surface area contributed by atoms with Crippen molar-refractivity contribution in [3.63, 3.8) is 0 Å². The largest absolute Gasteiger partial charge is 0.486 e. The molecule has 1 fully saturated rings. The Morgan fingerprint density at radius 1 is 1.29 bits per heavy atom. The highest BCUT2D eigenvalue weighted by molar-refractivity contribution is 5.98. The van der Waals surface area contributed by atoms with Gasteiger partial charge >= 0.3 is 0 Å². The van der Waals surface area contributed by atoms with Crippen molar-refractivity contribution >= 4 is 5.91 Å². The minimum Gasteiger partial charge on any atom is -0.486 e. The first-order valence-electron chi connectivity index (χ1n) is 8.31. The molecule has 1 aromatic heterocycles. The third kappa shape index (κ3) is 2.52. The molecule has 6 heteroatoms. The van der Waals surface area contributed by atoms with Crippen LogP contribution in [0.2, 0.25) is 0 Å². The van der Waals surface area contributed by atoms with Gasteiger partial charge in [0, 0.05) is 32.3 Å². The first-order valence-corrected chi connectivity index (χ1v) is 8.31. The van der Waals surface area contributed by atoms with Crippen molar-refractivity contribution in [3.05, 3.63) is 41.5 Å². The number of aromatic nitrogens is 2. The standard InChI is InChI=1S/C18H21N3O3/c1-12-10-20(2)17(19-12)13-6-7-21(11-13)18(22)14-4-3-5-15-16(14)24-9-8-23-15/h3-5,10,13H,6-9,11H2,1-2H3/t13-/m0/s1. The van der Waals surface area contributed by atoms with Gasteiger partial charge in [-0.05, 0) is 25.5 Å². The molecule has 24 heavy (non-hydrogen) atoms. The van der Waals surface area contributed by atoms with Gasteiger partial charge in [0.05, 0.1) is 11.3 Å². The lowest BCUT2D eigenvalue weighted by Crippen LogP contribution is -2.30. The maximum atomic E-state index is 12.9. The predicted octanol–water partition coefficient (Wildman–Crippen LogP) is 2.13. The van der Waals surface area contributed by atoms with E-state index in [9.17, 15) is 4.79 Å². The van der Waals surface area contributed by atoms with Gasteiger partial charge in [0.25, 0.3) is 5.91 Å². The first kappa shape index (κ1) is 15.1. The molecule has 2 aliphatic heterocycles. The van der Waals surface area contributed by atoms with Crippen LogP contribution in [0.15, 0.2) is 24.4 Å². The lowest BCUT2D eigenvalue weighted by molar-refractivity contribution is 0.0779. The normalized spacial score (nSPS) is 19.6. The number of amides is 1. The van der Waals surface area contributed by atoms with Crippen molar-refractivity contribution in [2.45, 2.75) is 19.3 Å². The molecule has 6 nitrogen and oxygen atoms in total. The van der Waals surface area contributed by atoms with Gasteiger partial charge in [0.1, 0.15) is 19.0 Å². The minimum atomic E-state index is 0.00535. The molecule has 0 saturated carbocycles. The fourth-order valence-electron chi connectivity index (χ4n) is 3.58. The van der Waals surface area contributed by atoms with E-state index >= 15 is 0 Å². The average molecular weight is 327 g/mol. The van der Waals surface area contributed by atoms with Crippen LogP contribution in [-0.2, 0) is 7.05 Å². The maximum Gasteiger partial charge on any atom is 0.257 e. The van der Waals surface area contributed by atoms with E-state index in [2.05, 4.69) is 9.55 Å². The number of carbonyl (C=O) groups excluding carboxylic acids is 1. The van der Waals surface area contributed by atoms with E-state index in [4.69, 9.17) is 9.47 Å². The maximum absolute atomic E-state index is 12.9. The zero-order chi connectivity index (χ0) is 16.7. The highest BCUT2D eigenvalue weighted by atomic mass is 16.6. The number of aryl methyl sites for hydroxylation is 2. The molecule has 1 amide bonds. The molecule has 1 atom stereocenters. The van der Waals surface area contributed by atoms with Gasteiger partial charge < -0.3 is 18.9 Å². The second kappa shape index (κ2) is 5.85. The van der Waals surface area contributed by atoms with Crippen LogP contribution >= 0.6 is 0 Å². The monoisotopic (exact) mass is 327 g/mol. The minimum absolute atomic E-state index is 0.00535. The van der Waals surface area contributed by atoms with E-state index in [-0.39, 0.29) is 11.8 Å². The number of hydrogen-bond donors (Lipinski definition) is 0. The van der Waals surface area contributed by atoms with E-state index in [1.807, 2.05) is 43.3 Å². The number of nitrogens with zero attached hydrogens (tertiary/aromatic N) is 3. The molecule has 1 aromatic carbocycles. The summed E-state index contributed by atoms with van der Waals surface area (Å²) in [5, 5.41) is 0. The molecule has 126 valence electrons. The summed E-state index contributed by atoms with van der Waals surface area (Å²) >= 11 is 0. The van der Waals surface area contributed by atoms with Crippen molar-refractivity contribution in [1.82, 2.24) is 14.5 Å². The summed E-state index contributed by atoms with van der Waals surface area (Å²) in [6, 6.07) is 5.50. The summed E-state index contributed by atoms with van der Waals surface area (Å²) in [5.41, 5.74) is 1.60. The quantitative estimate of drug-likeness (QED) is 0.848. The Morgan fingerprint density at radius 2 is 2.12 bits per heavy atom. The summed E-state index contributed by atoms with van der Waals surface area (Å²) in [4.78, 5) is 19.4. The SMILES string of the molecule is Cc1cn(C)c([C@H]2CCN(C(=O)c3cccc4c3OCCO4)C2)n1. The molecule has 2 aliphatic rings. The van der Waals surface area contributed by atoms with Gasteiger partial charge in [-0.2, -0.15) is 0 Å². The highest BCUT2D eigenvalue weighted by Crippen LogP contribution is 2.36. The lowest BCUT2D eigenvalue weighted by atomic mass is 10.1. The summed E-state index contributed by atoms with van der Waals surface area (Å²) in [6.45, 7) is 4.42. The number of rotatable bonds is 2. The van der Waals surface area contributed by atoms with Gasteiger partial charge in [-0.25, -0.2) is 4.98 Å². The molecule has 3 heterocycles. The second-order valence-electron chi connectivity index (χ2n) is 6.42. The zero-order valence-electron chi connectivity index (χ0n) is 14.0. The molecule has 2 aromatic rings. The third-order valence-electron chi connectivity index (χ3n) is 4.67. The van der Waals surface area contributed by atoms with Gasteiger partial charge in [0.15, 0.2) is 11.5 Å². The number of para-hydroxylation sites is 1. The van der Waals surface area contributed by atoms with E-state index in [1.165, 1.54) is 0 Å². The van der Waals surface area contributed by atoms with Crippen molar-refractivity contribution < 1.29 is 14.3 Å². The molecule has 0 spiro atoms. The molecule has 0 bridgehead atoms. The number of imidazole rings is 1. The molecule has 4 rings (SSSR count). The molecular weight excluding hydrogens is 306 g/mol. The average Bonchev–Trinajstić information content (AvgIpc) is 3.20. The van der Waals surface area contributed by atoms with E-state index in [1.54, 1.807) is 0 Å². The van der Waals surface area contributed by atoms with Crippen LogP contribution in [0, 0.1) is 6.92 Å². The van der Waals surface area contributed by atoms with Gasteiger partial charge in [-0.1, -0.05) is 6.07 Å². The zero-order valence-corrected chi connectivity index (χ0v) is 14.0. The lowest BCUT2D eigenvalue weighted by Gasteiger charge is -2.23. The molecule has 1 saturated heterocycles. The van der Waals surface area contributed by atoms with Crippen molar-refractivity contribution in [2.75, 3.05) is 26.3 Å². The predicted molar refractivity (Wildman–Crippen MR) is 88.6 cm³/mol. The smallest absolute Gasteiger partial charge is 0.257 e. The number of benzene rings is 1. The summed E-state index contributed by atoms with van der Waals surface area (Å²) in [5.74, 6) is 2.57. The van der Waals surface area contributed by atoms with Crippen molar-refractivity contribution in [2.24, 2.45) is 7.05 Å². The van der Waals surface area contributed by atoms with Crippen LogP contribution < -0.4 is 9.47 Å². The van der Waals surface area contributed by atoms with Crippen molar-refractivity contribution in [3.8, 4) is 11.5 Å². The van der Waals surface area contributed by atoms with E-state index in [0.29, 0.717) is 36.8 Å². The molecule has 0 radical (unpaired) electrons. The van der Waals surface area contributed by atoms with Crippen molar-refractivity contribution in [1.29, 1.82) is 0 Å². The summed E-state index contributed by atoms with van der Waals surface area (Å²) in [7, 11) is 2.01. The van der Waals surface area contributed by atoms with Crippen LogP contribution in [0.4, 0.5) is 0 Å². The van der Waals surface area contributed by atoms with E-state index < -0.39 is 0 Å². The van der Waals surface area contributed by atoms with Gasteiger partial charge in [-0.3, -0.25) is 4.79 Å².